The number of benzene rings is 3. The van der Waals surface area contributed by atoms with Crippen LogP contribution in [0.25, 0.3) is 10.8 Å². The summed E-state index contributed by atoms with van der Waals surface area (Å²) in [4.78, 5) is 37.5. The maximum atomic E-state index is 13.1. The van der Waals surface area contributed by atoms with Crippen LogP contribution in [0.1, 0.15) is 36.0 Å². The van der Waals surface area contributed by atoms with Crippen molar-refractivity contribution < 1.29 is 19.5 Å². The number of anilines is 2. The lowest BCUT2D eigenvalue weighted by atomic mass is 9.78. The summed E-state index contributed by atoms with van der Waals surface area (Å²) in [6.07, 6.45) is 2.67. The molecule has 3 aromatic carbocycles. The quantitative estimate of drug-likeness (QED) is 0.550. The SMILES string of the molecule is O=C(Nc1cccc2ccccc12)c1ccccc1NC(=O)[C@@H]1CCCC[C@H]1C(=O)O. The predicted octanol–water partition coefficient (Wildman–Crippen LogP) is 4.92. The molecule has 3 aromatic rings. The van der Waals surface area contributed by atoms with E-state index in [1.54, 1.807) is 24.3 Å². The number of hydrogen-bond donors (Lipinski definition) is 3. The Kier molecular flexibility index (Phi) is 5.98. The first-order chi connectivity index (χ1) is 15.0. The molecule has 2 amide bonds. The zero-order chi connectivity index (χ0) is 21.8. The Morgan fingerprint density at radius 2 is 1.39 bits per heavy atom. The molecule has 0 aliphatic heterocycles. The van der Waals surface area contributed by atoms with Gasteiger partial charge in [-0.15, -0.1) is 0 Å². The summed E-state index contributed by atoms with van der Waals surface area (Å²) in [6, 6.07) is 20.2. The Morgan fingerprint density at radius 1 is 0.742 bits per heavy atom. The highest BCUT2D eigenvalue weighted by molar-refractivity contribution is 6.13. The zero-order valence-corrected chi connectivity index (χ0v) is 17.0. The molecule has 1 aliphatic rings. The molecule has 0 heterocycles. The van der Waals surface area contributed by atoms with Crippen LogP contribution < -0.4 is 10.6 Å². The molecular weight excluding hydrogens is 392 g/mol. The lowest BCUT2D eigenvalue weighted by molar-refractivity contribution is -0.147. The van der Waals surface area contributed by atoms with Crippen LogP contribution in [0.5, 0.6) is 0 Å². The van der Waals surface area contributed by atoms with Crippen molar-refractivity contribution in [2.45, 2.75) is 25.7 Å². The molecule has 0 saturated heterocycles. The van der Waals surface area contributed by atoms with Crippen LogP contribution >= 0.6 is 0 Å². The van der Waals surface area contributed by atoms with Gasteiger partial charge in [0, 0.05) is 11.1 Å². The van der Waals surface area contributed by atoms with Crippen LogP contribution in [0.4, 0.5) is 11.4 Å². The molecule has 31 heavy (non-hydrogen) atoms. The van der Waals surface area contributed by atoms with Crippen molar-refractivity contribution in [1.82, 2.24) is 0 Å². The van der Waals surface area contributed by atoms with Crippen LogP contribution in [0.2, 0.25) is 0 Å². The number of rotatable bonds is 5. The Balaban J connectivity index is 1.56. The second-order valence-electron chi connectivity index (χ2n) is 7.85. The molecule has 6 nitrogen and oxygen atoms in total. The van der Waals surface area contributed by atoms with Crippen molar-refractivity contribution in [3.8, 4) is 0 Å². The molecule has 1 fully saturated rings. The van der Waals surface area contributed by atoms with E-state index in [-0.39, 0.29) is 11.8 Å². The van der Waals surface area contributed by atoms with Crippen LogP contribution in [-0.2, 0) is 9.59 Å². The van der Waals surface area contributed by atoms with E-state index in [1.807, 2.05) is 42.5 Å². The third kappa shape index (κ3) is 4.43. The second kappa shape index (κ2) is 9.00. The Bertz CT molecular complexity index is 1140. The highest BCUT2D eigenvalue weighted by Gasteiger charge is 2.36. The summed E-state index contributed by atoms with van der Waals surface area (Å²) in [5.74, 6) is -2.92. The molecule has 0 spiro atoms. The van der Waals surface area contributed by atoms with Gasteiger partial charge >= 0.3 is 5.97 Å². The fourth-order valence-electron chi connectivity index (χ4n) is 4.28. The number of carboxylic acids is 1. The summed E-state index contributed by atoms with van der Waals surface area (Å²) >= 11 is 0. The maximum Gasteiger partial charge on any atom is 0.307 e. The molecule has 0 aromatic heterocycles. The number of nitrogens with one attached hydrogen (secondary N) is 2. The first-order valence-electron chi connectivity index (χ1n) is 10.5. The number of carbonyl (C=O) groups is 3. The summed E-state index contributed by atoms with van der Waals surface area (Å²) in [6.45, 7) is 0. The summed E-state index contributed by atoms with van der Waals surface area (Å²) in [5.41, 5.74) is 1.38. The third-order valence-corrected chi connectivity index (χ3v) is 5.89. The zero-order valence-electron chi connectivity index (χ0n) is 17.0. The Morgan fingerprint density at radius 3 is 2.19 bits per heavy atom. The average Bonchev–Trinajstić information content (AvgIpc) is 2.79. The molecule has 1 saturated carbocycles. The molecule has 6 heteroatoms. The van der Waals surface area contributed by atoms with E-state index in [0.717, 1.165) is 23.6 Å². The van der Waals surface area contributed by atoms with Crippen LogP contribution in [0.15, 0.2) is 66.7 Å². The van der Waals surface area contributed by atoms with E-state index >= 15 is 0 Å². The smallest absolute Gasteiger partial charge is 0.307 e. The van der Waals surface area contributed by atoms with Crippen molar-refractivity contribution in [3.63, 3.8) is 0 Å². The monoisotopic (exact) mass is 416 g/mol. The summed E-state index contributed by atoms with van der Waals surface area (Å²) < 4.78 is 0. The van der Waals surface area contributed by atoms with Crippen LogP contribution in [-0.4, -0.2) is 22.9 Å². The highest BCUT2D eigenvalue weighted by atomic mass is 16.4. The molecule has 4 rings (SSSR count). The van der Waals surface area contributed by atoms with Crippen LogP contribution in [0, 0.1) is 11.8 Å². The van der Waals surface area contributed by atoms with Crippen molar-refractivity contribution in [2.75, 3.05) is 10.6 Å². The van der Waals surface area contributed by atoms with Gasteiger partial charge in [-0.05, 0) is 36.4 Å². The van der Waals surface area contributed by atoms with Gasteiger partial charge in [0.1, 0.15) is 0 Å². The number of fused-ring (bicyclic) bond motifs is 1. The molecule has 0 radical (unpaired) electrons. The average molecular weight is 416 g/mol. The summed E-state index contributed by atoms with van der Waals surface area (Å²) in [5, 5.41) is 17.2. The minimum absolute atomic E-state index is 0.325. The van der Waals surface area contributed by atoms with Crippen LogP contribution in [0.3, 0.4) is 0 Å². The minimum atomic E-state index is -0.943. The molecule has 1 aliphatic carbocycles. The minimum Gasteiger partial charge on any atom is -0.481 e. The number of amides is 2. The van der Waals surface area contributed by atoms with E-state index in [9.17, 15) is 19.5 Å². The third-order valence-electron chi connectivity index (χ3n) is 5.89. The molecule has 2 atom stereocenters. The number of aliphatic carboxylic acids is 1. The summed E-state index contributed by atoms with van der Waals surface area (Å²) in [7, 11) is 0. The van der Waals surface area contributed by atoms with E-state index in [4.69, 9.17) is 0 Å². The largest absolute Gasteiger partial charge is 0.481 e. The van der Waals surface area contributed by atoms with Gasteiger partial charge in [0.05, 0.1) is 23.1 Å². The van der Waals surface area contributed by atoms with Crippen molar-refractivity contribution in [3.05, 3.63) is 72.3 Å². The first kappa shape index (κ1) is 20.6. The Labute approximate surface area is 180 Å². The number of carboxylic acid groups (broad SMARTS) is 1. The molecule has 0 bridgehead atoms. The van der Waals surface area contributed by atoms with Gasteiger partial charge < -0.3 is 15.7 Å². The fourth-order valence-corrected chi connectivity index (χ4v) is 4.28. The van der Waals surface area contributed by atoms with Gasteiger partial charge in [0.15, 0.2) is 0 Å². The van der Waals surface area contributed by atoms with E-state index in [2.05, 4.69) is 10.6 Å². The Hall–Kier alpha value is -3.67. The van der Waals surface area contributed by atoms with Gasteiger partial charge in [-0.3, -0.25) is 14.4 Å². The topological polar surface area (TPSA) is 95.5 Å². The number of carbonyl (C=O) groups excluding carboxylic acids is 2. The fraction of sp³-hybridized carbons (Fsp3) is 0.240. The normalized spacial score (nSPS) is 18.3. The molecular formula is C25H24N2O4. The van der Waals surface area contributed by atoms with Gasteiger partial charge in [0.25, 0.3) is 5.91 Å². The van der Waals surface area contributed by atoms with Crippen molar-refractivity contribution >= 4 is 39.9 Å². The van der Waals surface area contributed by atoms with Gasteiger partial charge in [-0.25, -0.2) is 0 Å². The second-order valence-corrected chi connectivity index (χ2v) is 7.85. The van der Waals surface area contributed by atoms with Gasteiger partial charge in [-0.2, -0.15) is 0 Å². The van der Waals surface area contributed by atoms with E-state index in [0.29, 0.717) is 29.8 Å². The lowest BCUT2D eigenvalue weighted by Gasteiger charge is -2.27. The van der Waals surface area contributed by atoms with E-state index in [1.165, 1.54) is 0 Å². The number of hydrogen-bond acceptors (Lipinski definition) is 3. The molecule has 0 unspecified atom stereocenters. The first-order valence-corrected chi connectivity index (χ1v) is 10.5. The van der Waals surface area contributed by atoms with Gasteiger partial charge in [-0.1, -0.05) is 61.4 Å². The lowest BCUT2D eigenvalue weighted by Crippen LogP contribution is -2.36. The highest BCUT2D eigenvalue weighted by Crippen LogP contribution is 2.32. The van der Waals surface area contributed by atoms with E-state index < -0.39 is 17.8 Å². The maximum absolute atomic E-state index is 13.1. The molecule has 158 valence electrons. The van der Waals surface area contributed by atoms with Crippen molar-refractivity contribution in [2.24, 2.45) is 11.8 Å². The standard InChI is InChI=1S/C25H24N2O4/c28-23(18-11-3-4-12-19(18)25(30)31)27-22-14-6-5-13-20(22)24(29)26-21-15-7-9-16-8-1-2-10-17(16)21/h1-2,5-10,13-15,18-19H,3-4,11-12H2,(H,26,29)(H,27,28)(H,30,31)/t18-,19-/m1/s1. The van der Waals surface area contributed by atoms with Crippen molar-refractivity contribution in [1.29, 1.82) is 0 Å². The molecule has 3 N–H and O–H groups in total. The van der Waals surface area contributed by atoms with Gasteiger partial charge in [0.2, 0.25) is 5.91 Å². The number of para-hydroxylation sites is 1. The predicted molar refractivity (Wildman–Crippen MR) is 120 cm³/mol.